The normalized spacial score (nSPS) is 11.3. The first-order valence-corrected chi connectivity index (χ1v) is 6.35. The first-order valence-electron chi connectivity index (χ1n) is 5.97. The fraction of sp³-hybridized carbons (Fsp3) is 0.182. The lowest BCUT2D eigenvalue weighted by atomic mass is 10.2. The van der Waals surface area contributed by atoms with Crippen molar-refractivity contribution in [1.29, 1.82) is 0 Å². The van der Waals surface area contributed by atoms with Gasteiger partial charge in [-0.1, -0.05) is 22.5 Å². The van der Waals surface area contributed by atoms with E-state index in [1.54, 1.807) is 25.1 Å². The average Bonchev–Trinajstić information content (AvgIpc) is 2.93. The second-order valence-electron chi connectivity index (χ2n) is 4.18. The Morgan fingerprint density at radius 3 is 2.95 bits per heavy atom. The maximum atomic E-state index is 11.8. The molecule has 1 aromatic heterocycles. The highest BCUT2D eigenvalue weighted by molar-refractivity contribution is 6.30. The van der Waals surface area contributed by atoms with Gasteiger partial charge in [-0.05, 0) is 30.0 Å². The number of halogens is 1. The largest absolute Gasteiger partial charge is 0.514 e. The quantitative estimate of drug-likeness (QED) is 0.497. The Balaban J connectivity index is 1.97. The second kappa shape index (κ2) is 6.72. The molecule has 22 heavy (non-hydrogen) atoms. The Morgan fingerprint density at radius 1 is 1.55 bits per heavy atom. The highest BCUT2D eigenvalue weighted by Crippen LogP contribution is 2.10. The van der Waals surface area contributed by atoms with Crippen LogP contribution in [0.25, 0.3) is 0 Å². The highest BCUT2D eigenvalue weighted by atomic mass is 35.5. The number of amides is 1. The molecule has 2 aromatic rings. The summed E-state index contributed by atoms with van der Waals surface area (Å²) in [5.74, 6) is -1.03. The molecule has 114 valence electrons. The van der Waals surface area contributed by atoms with Gasteiger partial charge < -0.3 is 10.1 Å². The van der Waals surface area contributed by atoms with Gasteiger partial charge in [-0.15, -0.1) is 0 Å². The van der Waals surface area contributed by atoms with Crippen molar-refractivity contribution in [3.05, 3.63) is 45.0 Å². The van der Waals surface area contributed by atoms with Gasteiger partial charge in [-0.3, -0.25) is 4.79 Å². The lowest BCUT2D eigenvalue weighted by Gasteiger charge is -2.01. The number of hydrogen-bond donors (Lipinski definition) is 1. The molecule has 0 aliphatic carbocycles. The van der Waals surface area contributed by atoms with E-state index in [9.17, 15) is 14.9 Å². The standard InChI is InChI=1S/C11H10ClN7O3/c1-7(6-18-16-11(15-17-18)19(21)22)13-14-10(20)8-3-2-4-9(12)5-8/h2-5H,6H2,1H3,(H,14,20)/b13-7-. The predicted octanol–water partition coefficient (Wildman–Crippen LogP) is 1.04. The van der Waals surface area contributed by atoms with Gasteiger partial charge in [0.1, 0.15) is 6.54 Å². The minimum Gasteiger partial charge on any atom is -0.390 e. The van der Waals surface area contributed by atoms with Crippen LogP contribution in [0.3, 0.4) is 0 Å². The molecule has 0 fully saturated rings. The molecule has 10 nitrogen and oxygen atoms in total. The zero-order valence-electron chi connectivity index (χ0n) is 11.3. The minimum atomic E-state index is -0.753. The summed E-state index contributed by atoms with van der Waals surface area (Å²) in [5.41, 5.74) is 3.14. The molecule has 0 radical (unpaired) electrons. The van der Waals surface area contributed by atoms with Crippen LogP contribution < -0.4 is 5.43 Å². The predicted molar refractivity (Wildman–Crippen MR) is 76.5 cm³/mol. The first kappa shape index (κ1) is 15.5. The number of rotatable bonds is 5. The zero-order valence-corrected chi connectivity index (χ0v) is 12.1. The molecule has 0 spiro atoms. The molecule has 0 saturated heterocycles. The highest BCUT2D eigenvalue weighted by Gasteiger charge is 2.15. The van der Waals surface area contributed by atoms with E-state index >= 15 is 0 Å². The Morgan fingerprint density at radius 2 is 2.32 bits per heavy atom. The van der Waals surface area contributed by atoms with Crippen LogP contribution >= 0.6 is 11.6 Å². The molecule has 0 atom stereocenters. The summed E-state index contributed by atoms with van der Waals surface area (Å²) in [6.07, 6.45) is 0. The van der Waals surface area contributed by atoms with Crippen LogP contribution in [0.4, 0.5) is 5.95 Å². The van der Waals surface area contributed by atoms with Crippen LogP contribution in [-0.4, -0.2) is 36.7 Å². The summed E-state index contributed by atoms with van der Waals surface area (Å²) in [6.45, 7) is 1.66. The molecule has 11 heteroatoms. The number of benzene rings is 1. The van der Waals surface area contributed by atoms with E-state index in [0.29, 0.717) is 16.3 Å². The van der Waals surface area contributed by atoms with Crippen LogP contribution in [0.2, 0.25) is 5.02 Å². The molecule has 1 heterocycles. The van der Waals surface area contributed by atoms with E-state index in [2.05, 4.69) is 25.9 Å². The van der Waals surface area contributed by atoms with Crippen molar-refractivity contribution in [2.24, 2.45) is 5.10 Å². The van der Waals surface area contributed by atoms with Gasteiger partial charge >= 0.3 is 5.95 Å². The van der Waals surface area contributed by atoms with Crippen molar-refractivity contribution in [3.63, 3.8) is 0 Å². The van der Waals surface area contributed by atoms with Gasteiger partial charge in [0, 0.05) is 15.8 Å². The molecule has 2 rings (SSSR count). The molecule has 0 aliphatic rings. The number of hydrogen-bond acceptors (Lipinski definition) is 7. The fourth-order valence-corrected chi connectivity index (χ4v) is 1.65. The van der Waals surface area contributed by atoms with Crippen molar-refractivity contribution in [2.75, 3.05) is 0 Å². The number of hydrazone groups is 1. The van der Waals surface area contributed by atoms with Crippen LogP contribution in [0, 0.1) is 10.1 Å². The van der Waals surface area contributed by atoms with Crippen molar-refractivity contribution >= 4 is 29.2 Å². The van der Waals surface area contributed by atoms with Crippen LogP contribution in [0.15, 0.2) is 29.4 Å². The number of aromatic nitrogens is 4. The number of tetrazole rings is 1. The molecular weight excluding hydrogens is 314 g/mol. The Kier molecular flexibility index (Phi) is 4.73. The summed E-state index contributed by atoms with van der Waals surface area (Å²) in [7, 11) is 0. The number of carbonyl (C=O) groups is 1. The first-order chi connectivity index (χ1) is 10.5. The van der Waals surface area contributed by atoms with E-state index in [1.807, 2.05) is 0 Å². The summed E-state index contributed by atoms with van der Waals surface area (Å²) >= 11 is 5.79. The average molecular weight is 324 g/mol. The summed E-state index contributed by atoms with van der Waals surface area (Å²) in [6, 6.07) is 6.39. The number of carbonyl (C=O) groups excluding carboxylic acids is 1. The Hall–Kier alpha value is -2.88. The van der Waals surface area contributed by atoms with E-state index in [0.717, 1.165) is 4.80 Å². The molecule has 0 bridgehead atoms. The Labute approximate surface area is 128 Å². The third-order valence-electron chi connectivity index (χ3n) is 2.41. The van der Waals surface area contributed by atoms with E-state index < -0.39 is 16.8 Å². The molecule has 1 amide bonds. The summed E-state index contributed by atoms with van der Waals surface area (Å²) < 4.78 is 0. The third kappa shape index (κ3) is 4.06. The van der Waals surface area contributed by atoms with Crippen LogP contribution in [0.1, 0.15) is 17.3 Å². The second-order valence-corrected chi connectivity index (χ2v) is 4.61. The van der Waals surface area contributed by atoms with Gasteiger partial charge in [-0.25, -0.2) is 5.43 Å². The lowest BCUT2D eigenvalue weighted by Crippen LogP contribution is -2.21. The van der Waals surface area contributed by atoms with Gasteiger partial charge in [0.05, 0.1) is 15.9 Å². The molecule has 0 saturated carbocycles. The maximum Gasteiger partial charge on any atom is 0.514 e. The number of nitrogens with zero attached hydrogens (tertiary/aromatic N) is 6. The lowest BCUT2D eigenvalue weighted by molar-refractivity contribution is -0.394. The summed E-state index contributed by atoms with van der Waals surface area (Å²) in [4.78, 5) is 22.5. The van der Waals surface area contributed by atoms with Crippen molar-refractivity contribution in [2.45, 2.75) is 13.5 Å². The molecule has 1 N–H and O–H groups in total. The van der Waals surface area contributed by atoms with Crippen LogP contribution in [-0.2, 0) is 6.54 Å². The number of nitrogens with one attached hydrogen (secondary N) is 1. The minimum absolute atomic E-state index is 0.0522. The molecule has 0 aliphatic heterocycles. The van der Waals surface area contributed by atoms with Crippen molar-refractivity contribution in [1.82, 2.24) is 25.6 Å². The van der Waals surface area contributed by atoms with Gasteiger partial charge in [0.15, 0.2) is 0 Å². The third-order valence-corrected chi connectivity index (χ3v) is 2.65. The van der Waals surface area contributed by atoms with E-state index in [1.165, 1.54) is 6.07 Å². The van der Waals surface area contributed by atoms with Gasteiger partial charge in [-0.2, -0.15) is 5.10 Å². The SMILES string of the molecule is C/C(Cn1nnc([N+](=O)[O-])n1)=N/NC(=O)c1cccc(Cl)c1. The topological polar surface area (TPSA) is 128 Å². The Bertz CT molecular complexity index is 743. The number of nitro groups is 1. The fourth-order valence-electron chi connectivity index (χ4n) is 1.46. The van der Waals surface area contributed by atoms with Crippen LogP contribution in [0.5, 0.6) is 0 Å². The van der Waals surface area contributed by atoms with Crippen molar-refractivity contribution in [3.8, 4) is 0 Å². The van der Waals surface area contributed by atoms with Crippen molar-refractivity contribution < 1.29 is 9.72 Å². The smallest absolute Gasteiger partial charge is 0.390 e. The zero-order chi connectivity index (χ0) is 16.1. The molecule has 0 unspecified atom stereocenters. The summed E-state index contributed by atoms with van der Waals surface area (Å²) in [5, 5.41) is 25.0. The molecular formula is C11H10ClN7O3. The molecule has 1 aromatic carbocycles. The van der Waals surface area contributed by atoms with E-state index in [-0.39, 0.29) is 6.54 Å². The monoisotopic (exact) mass is 323 g/mol. The van der Waals surface area contributed by atoms with Gasteiger partial charge in [0.2, 0.25) is 0 Å². The van der Waals surface area contributed by atoms with Gasteiger partial charge in [0.25, 0.3) is 5.91 Å². The van der Waals surface area contributed by atoms with E-state index in [4.69, 9.17) is 11.6 Å². The maximum absolute atomic E-state index is 11.8.